The van der Waals surface area contributed by atoms with Crippen molar-refractivity contribution in [3.63, 3.8) is 0 Å². The lowest BCUT2D eigenvalue weighted by Gasteiger charge is -2.07. The molecule has 0 saturated carbocycles. The molecule has 1 atom stereocenters. The third kappa shape index (κ3) is 1.59. The Morgan fingerprint density at radius 1 is 1.54 bits per heavy atom. The van der Waals surface area contributed by atoms with Crippen molar-refractivity contribution in [2.75, 3.05) is 0 Å². The molecule has 0 fully saturated rings. The monoisotopic (exact) mass is 173 g/mol. The molecule has 0 bridgehead atoms. The first-order chi connectivity index (χ1) is 6.40. The fourth-order valence-corrected chi connectivity index (χ4v) is 1.33. The lowest BCUT2D eigenvalue weighted by Crippen LogP contribution is -1.98. The number of hydrogen-bond acceptors (Lipinski definition) is 2. The molecular formula is C10H11N3. The normalized spacial score (nSPS) is 20.5. The highest BCUT2D eigenvalue weighted by atomic mass is 15.2. The molecule has 66 valence electrons. The third-order valence-electron chi connectivity index (χ3n) is 2.03. The maximum atomic E-state index is 4.28. The van der Waals surface area contributed by atoms with Crippen LogP contribution in [0, 0.1) is 0 Å². The van der Waals surface area contributed by atoms with Crippen molar-refractivity contribution < 1.29 is 0 Å². The molecule has 0 saturated heterocycles. The number of hydrogen-bond donors (Lipinski definition) is 1. The lowest BCUT2D eigenvalue weighted by molar-refractivity contribution is 0.778. The number of aromatic amines is 1. The van der Waals surface area contributed by atoms with Crippen LogP contribution in [0.15, 0.2) is 30.9 Å². The Bertz CT molecular complexity index is 360. The first kappa shape index (κ1) is 7.98. The van der Waals surface area contributed by atoms with Crippen molar-refractivity contribution in [2.45, 2.75) is 12.3 Å². The standard InChI is InChI=1S/C10H11N3/c1-2-9-11-10(13-12-9)8-6-4-3-5-7-8/h2-6,8H,1,7H2,(H,11,12,13). The molecule has 1 unspecified atom stereocenters. The maximum Gasteiger partial charge on any atom is 0.173 e. The van der Waals surface area contributed by atoms with E-state index in [2.05, 4.69) is 33.9 Å². The number of allylic oxidation sites excluding steroid dienone is 4. The average molecular weight is 173 g/mol. The topological polar surface area (TPSA) is 41.6 Å². The molecule has 0 aliphatic heterocycles. The first-order valence-corrected chi connectivity index (χ1v) is 4.28. The van der Waals surface area contributed by atoms with E-state index in [1.54, 1.807) is 6.08 Å². The van der Waals surface area contributed by atoms with Crippen molar-refractivity contribution in [3.8, 4) is 0 Å². The summed E-state index contributed by atoms with van der Waals surface area (Å²) in [4.78, 5) is 4.28. The van der Waals surface area contributed by atoms with E-state index in [9.17, 15) is 0 Å². The third-order valence-corrected chi connectivity index (χ3v) is 2.03. The molecule has 13 heavy (non-hydrogen) atoms. The van der Waals surface area contributed by atoms with Gasteiger partial charge < -0.3 is 0 Å². The van der Waals surface area contributed by atoms with Crippen LogP contribution in [0.4, 0.5) is 0 Å². The molecule has 3 nitrogen and oxygen atoms in total. The number of aromatic nitrogens is 3. The first-order valence-electron chi connectivity index (χ1n) is 4.28. The quantitative estimate of drug-likeness (QED) is 0.743. The number of nitrogens with zero attached hydrogens (tertiary/aromatic N) is 2. The highest BCUT2D eigenvalue weighted by Crippen LogP contribution is 2.20. The van der Waals surface area contributed by atoms with Crippen LogP contribution < -0.4 is 0 Å². The van der Waals surface area contributed by atoms with Gasteiger partial charge in [-0.2, -0.15) is 5.10 Å². The van der Waals surface area contributed by atoms with Crippen LogP contribution in [0.25, 0.3) is 6.08 Å². The van der Waals surface area contributed by atoms with Crippen LogP contribution in [0.5, 0.6) is 0 Å². The Labute approximate surface area is 76.9 Å². The molecule has 1 N–H and O–H groups in total. The van der Waals surface area contributed by atoms with Gasteiger partial charge in [-0.25, -0.2) is 4.98 Å². The van der Waals surface area contributed by atoms with Gasteiger partial charge in [0.2, 0.25) is 0 Å². The van der Waals surface area contributed by atoms with Crippen molar-refractivity contribution in [1.82, 2.24) is 15.2 Å². The van der Waals surface area contributed by atoms with E-state index in [4.69, 9.17) is 0 Å². The Morgan fingerprint density at radius 3 is 3.08 bits per heavy atom. The van der Waals surface area contributed by atoms with Crippen molar-refractivity contribution in [2.24, 2.45) is 0 Å². The summed E-state index contributed by atoms with van der Waals surface area (Å²) in [7, 11) is 0. The van der Waals surface area contributed by atoms with Gasteiger partial charge in [0.05, 0.1) is 0 Å². The van der Waals surface area contributed by atoms with E-state index in [1.807, 2.05) is 12.2 Å². The van der Waals surface area contributed by atoms with Gasteiger partial charge in [-0.15, -0.1) is 0 Å². The molecule has 0 spiro atoms. The number of rotatable bonds is 2. The zero-order valence-electron chi connectivity index (χ0n) is 7.27. The highest BCUT2D eigenvalue weighted by molar-refractivity contribution is 5.35. The Morgan fingerprint density at radius 2 is 2.46 bits per heavy atom. The van der Waals surface area contributed by atoms with Gasteiger partial charge in [0.1, 0.15) is 5.82 Å². The van der Waals surface area contributed by atoms with Gasteiger partial charge in [-0.05, 0) is 12.5 Å². The van der Waals surface area contributed by atoms with Crippen molar-refractivity contribution in [1.29, 1.82) is 0 Å². The summed E-state index contributed by atoms with van der Waals surface area (Å²) in [5.41, 5.74) is 0. The molecule has 0 radical (unpaired) electrons. The molecule has 1 aromatic rings. The second kappa shape index (κ2) is 3.39. The minimum absolute atomic E-state index is 0.339. The van der Waals surface area contributed by atoms with Gasteiger partial charge >= 0.3 is 0 Å². The van der Waals surface area contributed by atoms with Crippen molar-refractivity contribution >= 4 is 6.08 Å². The Balaban J connectivity index is 2.20. The van der Waals surface area contributed by atoms with E-state index in [0.29, 0.717) is 11.7 Å². The molecule has 0 aromatic carbocycles. The summed E-state index contributed by atoms with van der Waals surface area (Å²) in [6.45, 7) is 3.61. The van der Waals surface area contributed by atoms with E-state index < -0.39 is 0 Å². The van der Waals surface area contributed by atoms with Crippen LogP contribution in [0.2, 0.25) is 0 Å². The zero-order chi connectivity index (χ0) is 9.10. The van der Waals surface area contributed by atoms with Gasteiger partial charge in [0, 0.05) is 5.92 Å². The second-order valence-electron chi connectivity index (χ2n) is 2.94. The Kier molecular flexibility index (Phi) is 2.08. The molecule has 1 heterocycles. The summed E-state index contributed by atoms with van der Waals surface area (Å²) >= 11 is 0. The van der Waals surface area contributed by atoms with E-state index in [0.717, 1.165) is 12.2 Å². The van der Waals surface area contributed by atoms with Crippen molar-refractivity contribution in [3.05, 3.63) is 42.5 Å². The Hall–Kier alpha value is -1.64. The predicted octanol–water partition coefficient (Wildman–Crippen LogP) is 2.05. The van der Waals surface area contributed by atoms with E-state index in [1.165, 1.54) is 0 Å². The van der Waals surface area contributed by atoms with Gasteiger partial charge in [0.25, 0.3) is 0 Å². The van der Waals surface area contributed by atoms with Crippen LogP contribution in [0.3, 0.4) is 0 Å². The molecule has 1 aliphatic rings. The van der Waals surface area contributed by atoms with Crippen LogP contribution in [-0.4, -0.2) is 15.2 Å². The van der Waals surface area contributed by atoms with Crippen LogP contribution in [-0.2, 0) is 0 Å². The van der Waals surface area contributed by atoms with Gasteiger partial charge in [0.15, 0.2) is 5.82 Å². The molecule has 1 aromatic heterocycles. The largest absolute Gasteiger partial charge is 0.262 e. The van der Waals surface area contributed by atoms with E-state index >= 15 is 0 Å². The summed E-state index contributed by atoms with van der Waals surface area (Å²) in [5.74, 6) is 1.92. The summed E-state index contributed by atoms with van der Waals surface area (Å²) in [6, 6.07) is 0. The lowest BCUT2D eigenvalue weighted by atomic mass is 10.0. The summed E-state index contributed by atoms with van der Waals surface area (Å²) < 4.78 is 0. The maximum absolute atomic E-state index is 4.28. The number of H-pyrrole nitrogens is 1. The highest BCUT2D eigenvalue weighted by Gasteiger charge is 2.11. The van der Waals surface area contributed by atoms with E-state index in [-0.39, 0.29) is 0 Å². The van der Waals surface area contributed by atoms with Crippen LogP contribution >= 0.6 is 0 Å². The average Bonchev–Trinajstić information content (AvgIpc) is 2.67. The SMILES string of the molecule is C=Cc1n[nH]c(C2C=CC=CC2)n1. The van der Waals surface area contributed by atoms with Crippen LogP contribution in [0.1, 0.15) is 24.0 Å². The smallest absolute Gasteiger partial charge is 0.173 e. The summed E-state index contributed by atoms with van der Waals surface area (Å²) in [5, 5.41) is 6.91. The minimum Gasteiger partial charge on any atom is -0.262 e. The second-order valence-corrected chi connectivity index (χ2v) is 2.94. The fraction of sp³-hybridized carbons (Fsp3) is 0.200. The summed E-state index contributed by atoms with van der Waals surface area (Å²) in [6.07, 6.45) is 10.9. The number of nitrogens with one attached hydrogen (secondary N) is 1. The van der Waals surface area contributed by atoms with Gasteiger partial charge in [-0.1, -0.05) is 30.9 Å². The zero-order valence-corrected chi connectivity index (χ0v) is 7.27. The molecular weight excluding hydrogens is 162 g/mol. The molecule has 1 aliphatic carbocycles. The predicted molar refractivity (Wildman–Crippen MR) is 52.1 cm³/mol. The minimum atomic E-state index is 0.339. The fourth-order valence-electron chi connectivity index (χ4n) is 1.33. The van der Waals surface area contributed by atoms with Gasteiger partial charge in [-0.3, -0.25) is 5.10 Å². The molecule has 0 amide bonds. The molecule has 3 heteroatoms. The molecule has 2 rings (SSSR count).